The number of rotatable bonds is 7. The fraction of sp³-hybridized carbons (Fsp3) is 0.207. The third kappa shape index (κ3) is 5.00. The number of para-hydroxylation sites is 2. The van der Waals surface area contributed by atoms with E-state index in [1.54, 1.807) is 45.4 Å². The second-order valence-electron chi connectivity index (χ2n) is 8.45. The summed E-state index contributed by atoms with van der Waals surface area (Å²) in [5.41, 5.74) is 4.84. The normalized spacial score (nSPS) is 11.6. The standard InChI is InChI=1S/C29H28N2O5/c1-17-9-8-10-18(2)27(17)31-28(32)19(3)36-29(33)22-16-24(30-23-12-7-6-11-21(22)23)20-13-14-25(34-4)26(15-20)35-5/h6-16,19H,1-5H3,(H,31,32). The second-order valence-corrected chi connectivity index (χ2v) is 8.45. The molecule has 0 aliphatic carbocycles. The lowest BCUT2D eigenvalue weighted by molar-refractivity contribution is -0.123. The smallest absolute Gasteiger partial charge is 0.339 e. The first-order chi connectivity index (χ1) is 17.3. The molecule has 7 heteroatoms. The van der Waals surface area contributed by atoms with Gasteiger partial charge in [0, 0.05) is 16.6 Å². The van der Waals surface area contributed by atoms with E-state index in [1.807, 2.05) is 56.3 Å². The lowest BCUT2D eigenvalue weighted by Gasteiger charge is -2.17. The minimum atomic E-state index is -1.01. The highest BCUT2D eigenvalue weighted by Gasteiger charge is 2.23. The summed E-state index contributed by atoms with van der Waals surface area (Å²) >= 11 is 0. The number of nitrogens with zero attached hydrogens (tertiary/aromatic N) is 1. The molecule has 4 aromatic rings. The molecule has 1 atom stereocenters. The highest BCUT2D eigenvalue weighted by Crippen LogP contribution is 2.33. The summed E-state index contributed by atoms with van der Waals surface area (Å²) in [5, 5.41) is 3.51. The maximum Gasteiger partial charge on any atom is 0.339 e. The Morgan fingerprint density at radius 2 is 1.56 bits per heavy atom. The van der Waals surface area contributed by atoms with E-state index in [1.165, 1.54) is 0 Å². The number of amides is 1. The Morgan fingerprint density at radius 3 is 2.25 bits per heavy atom. The zero-order valence-corrected chi connectivity index (χ0v) is 20.9. The molecule has 36 heavy (non-hydrogen) atoms. The van der Waals surface area contributed by atoms with Crippen molar-refractivity contribution in [3.05, 3.63) is 83.4 Å². The van der Waals surface area contributed by atoms with Crippen LogP contribution < -0.4 is 14.8 Å². The van der Waals surface area contributed by atoms with Crippen LogP contribution in [-0.2, 0) is 9.53 Å². The number of anilines is 1. The molecule has 1 unspecified atom stereocenters. The minimum absolute atomic E-state index is 0.317. The van der Waals surface area contributed by atoms with Crippen LogP contribution in [0.25, 0.3) is 22.2 Å². The number of ether oxygens (including phenoxy) is 3. The molecular weight excluding hydrogens is 456 g/mol. The van der Waals surface area contributed by atoms with E-state index in [0.29, 0.717) is 33.7 Å². The molecule has 3 aromatic carbocycles. The summed E-state index contributed by atoms with van der Waals surface area (Å²) in [6.45, 7) is 5.38. The van der Waals surface area contributed by atoms with E-state index in [2.05, 4.69) is 5.32 Å². The zero-order valence-electron chi connectivity index (χ0n) is 20.9. The van der Waals surface area contributed by atoms with Crippen molar-refractivity contribution in [3.63, 3.8) is 0 Å². The molecule has 0 radical (unpaired) electrons. The molecule has 0 aliphatic heterocycles. The lowest BCUT2D eigenvalue weighted by Crippen LogP contribution is -2.30. The van der Waals surface area contributed by atoms with Crippen molar-refractivity contribution in [2.45, 2.75) is 26.9 Å². The van der Waals surface area contributed by atoms with Crippen molar-refractivity contribution in [2.24, 2.45) is 0 Å². The van der Waals surface area contributed by atoms with E-state index in [-0.39, 0.29) is 0 Å². The zero-order chi connectivity index (χ0) is 25.8. The van der Waals surface area contributed by atoms with E-state index >= 15 is 0 Å². The molecule has 0 saturated carbocycles. The van der Waals surface area contributed by atoms with Crippen LogP contribution in [0.15, 0.2) is 66.7 Å². The predicted molar refractivity (Wildman–Crippen MR) is 140 cm³/mol. The highest BCUT2D eigenvalue weighted by molar-refractivity contribution is 6.06. The van der Waals surface area contributed by atoms with Crippen molar-refractivity contribution in [1.82, 2.24) is 4.98 Å². The second kappa shape index (κ2) is 10.5. The van der Waals surface area contributed by atoms with Crippen molar-refractivity contribution >= 4 is 28.5 Å². The molecule has 1 amide bonds. The maximum absolute atomic E-state index is 13.3. The van der Waals surface area contributed by atoms with Gasteiger partial charge in [-0.2, -0.15) is 0 Å². The Balaban J connectivity index is 1.65. The largest absolute Gasteiger partial charge is 0.493 e. The number of aromatic nitrogens is 1. The van der Waals surface area contributed by atoms with Crippen LogP contribution in [0.1, 0.15) is 28.4 Å². The molecule has 0 spiro atoms. The van der Waals surface area contributed by atoms with Crippen molar-refractivity contribution in [2.75, 3.05) is 19.5 Å². The predicted octanol–water partition coefficient (Wildman–Crippen LogP) is 5.72. The van der Waals surface area contributed by atoms with Crippen LogP contribution in [-0.4, -0.2) is 37.2 Å². The molecule has 1 N–H and O–H groups in total. The highest BCUT2D eigenvalue weighted by atomic mass is 16.5. The van der Waals surface area contributed by atoms with Gasteiger partial charge in [0.2, 0.25) is 0 Å². The summed E-state index contributed by atoms with van der Waals surface area (Å²) < 4.78 is 16.4. The Morgan fingerprint density at radius 1 is 0.861 bits per heavy atom. The van der Waals surface area contributed by atoms with Crippen molar-refractivity contribution < 1.29 is 23.8 Å². The van der Waals surface area contributed by atoms with Gasteiger partial charge in [-0.15, -0.1) is 0 Å². The molecule has 0 aliphatic rings. The third-order valence-corrected chi connectivity index (χ3v) is 6.00. The summed E-state index contributed by atoms with van der Waals surface area (Å²) in [7, 11) is 3.13. The maximum atomic E-state index is 13.3. The topological polar surface area (TPSA) is 86.8 Å². The van der Waals surface area contributed by atoms with Gasteiger partial charge in [0.15, 0.2) is 17.6 Å². The number of methoxy groups -OCH3 is 2. The van der Waals surface area contributed by atoms with Crippen LogP contribution in [0.5, 0.6) is 11.5 Å². The molecule has 1 aromatic heterocycles. The summed E-state index contributed by atoms with van der Waals surface area (Å²) in [4.78, 5) is 30.9. The average Bonchev–Trinajstić information content (AvgIpc) is 2.89. The quantitative estimate of drug-likeness (QED) is 0.338. The molecule has 1 heterocycles. The van der Waals surface area contributed by atoms with Gasteiger partial charge in [-0.1, -0.05) is 36.4 Å². The van der Waals surface area contributed by atoms with Crippen LogP contribution in [0.2, 0.25) is 0 Å². The van der Waals surface area contributed by atoms with Crippen LogP contribution in [0, 0.1) is 13.8 Å². The Bertz CT molecular complexity index is 1430. The number of pyridine rings is 1. The monoisotopic (exact) mass is 484 g/mol. The first kappa shape index (κ1) is 24.7. The fourth-order valence-corrected chi connectivity index (χ4v) is 4.00. The number of fused-ring (bicyclic) bond motifs is 1. The van der Waals surface area contributed by atoms with E-state index in [9.17, 15) is 9.59 Å². The van der Waals surface area contributed by atoms with Gasteiger partial charge in [-0.25, -0.2) is 9.78 Å². The first-order valence-corrected chi connectivity index (χ1v) is 11.5. The van der Waals surface area contributed by atoms with Crippen LogP contribution >= 0.6 is 0 Å². The summed E-state index contributed by atoms with van der Waals surface area (Å²) in [6, 6.07) is 20.2. The first-order valence-electron chi connectivity index (χ1n) is 11.5. The van der Waals surface area contributed by atoms with E-state index in [0.717, 1.165) is 22.4 Å². The Hall–Kier alpha value is -4.39. The molecular formula is C29H28N2O5. The van der Waals surface area contributed by atoms with Crippen LogP contribution in [0.4, 0.5) is 5.69 Å². The molecule has 0 saturated heterocycles. The number of aryl methyl sites for hydroxylation is 2. The third-order valence-electron chi connectivity index (χ3n) is 6.00. The molecule has 184 valence electrons. The van der Waals surface area contributed by atoms with Gasteiger partial charge < -0.3 is 19.5 Å². The summed E-state index contributed by atoms with van der Waals surface area (Å²) in [6.07, 6.45) is -1.01. The van der Waals surface area contributed by atoms with Gasteiger partial charge in [0.05, 0.1) is 31.0 Å². The fourth-order valence-electron chi connectivity index (χ4n) is 4.00. The van der Waals surface area contributed by atoms with Gasteiger partial charge in [-0.05, 0) is 62.2 Å². The van der Waals surface area contributed by atoms with E-state index < -0.39 is 18.0 Å². The Labute approximate surface area is 210 Å². The minimum Gasteiger partial charge on any atom is -0.493 e. The van der Waals surface area contributed by atoms with Crippen molar-refractivity contribution in [1.29, 1.82) is 0 Å². The SMILES string of the molecule is COc1ccc(-c2cc(C(=O)OC(C)C(=O)Nc3c(C)cccc3C)c3ccccc3n2)cc1OC. The summed E-state index contributed by atoms with van der Waals surface area (Å²) in [5.74, 6) is 0.120. The average molecular weight is 485 g/mol. The molecule has 0 bridgehead atoms. The number of esters is 1. The molecule has 4 rings (SSSR count). The number of hydrogen-bond donors (Lipinski definition) is 1. The number of hydrogen-bond acceptors (Lipinski definition) is 6. The van der Waals surface area contributed by atoms with Gasteiger partial charge in [0.25, 0.3) is 5.91 Å². The number of carbonyl (C=O) groups is 2. The van der Waals surface area contributed by atoms with Crippen LogP contribution in [0.3, 0.4) is 0 Å². The van der Waals surface area contributed by atoms with E-state index in [4.69, 9.17) is 19.2 Å². The Kier molecular flexibility index (Phi) is 7.20. The van der Waals surface area contributed by atoms with Crippen molar-refractivity contribution in [3.8, 4) is 22.8 Å². The van der Waals surface area contributed by atoms with Gasteiger partial charge >= 0.3 is 5.97 Å². The van der Waals surface area contributed by atoms with Gasteiger partial charge in [-0.3, -0.25) is 4.79 Å². The number of nitrogens with one attached hydrogen (secondary N) is 1. The molecule has 7 nitrogen and oxygen atoms in total. The van der Waals surface area contributed by atoms with Gasteiger partial charge in [0.1, 0.15) is 0 Å². The number of carbonyl (C=O) groups excluding carboxylic acids is 2. The number of benzene rings is 3. The lowest BCUT2D eigenvalue weighted by atomic mass is 10.0. The molecule has 0 fully saturated rings.